The first kappa shape index (κ1) is 15.9. The third kappa shape index (κ3) is 2.93. The average molecular weight is 336 g/mol. The van der Waals surface area contributed by atoms with Gasteiger partial charge in [0.05, 0.1) is 6.04 Å². The number of fused-ring (bicyclic) bond motifs is 3. The van der Waals surface area contributed by atoms with E-state index in [-0.39, 0.29) is 17.8 Å². The summed E-state index contributed by atoms with van der Waals surface area (Å²) < 4.78 is 13.0. The Morgan fingerprint density at radius 3 is 2.76 bits per heavy atom. The molecule has 25 heavy (non-hydrogen) atoms. The van der Waals surface area contributed by atoms with Crippen molar-refractivity contribution in [3.8, 4) is 0 Å². The number of rotatable bonds is 3. The van der Waals surface area contributed by atoms with Gasteiger partial charge in [-0.1, -0.05) is 30.3 Å². The number of carbonyl (C=O) groups is 1. The lowest BCUT2D eigenvalue weighted by Crippen LogP contribution is -2.38. The third-order valence-electron chi connectivity index (χ3n) is 5.20. The van der Waals surface area contributed by atoms with E-state index >= 15 is 0 Å². The summed E-state index contributed by atoms with van der Waals surface area (Å²) in [6.07, 6.45) is 1.97. The molecule has 4 heteroatoms. The summed E-state index contributed by atoms with van der Waals surface area (Å²) in [6.45, 7) is 2.83. The van der Waals surface area contributed by atoms with Gasteiger partial charge in [-0.3, -0.25) is 4.79 Å². The van der Waals surface area contributed by atoms with Gasteiger partial charge in [0.1, 0.15) is 5.82 Å². The van der Waals surface area contributed by atoms with Gasteiger partial charge in [-0.25, -0.2) is 4.39 Å². The number of benzene rings is 2. The molecule has 4 rings (SSSR count). The lowest BCUT2D eigenvalue weighted by Gasteiger charge is -2.33. The Labute approximate surface area is 146 Å². The van der Waals surface area contributed by atoms with Gasteiger partial charge < -0.3 is 9.88 Å². The summed E-state index contributed by atoms with van der Waals surface area (Å²) >= 11 is 0. The number of hydrogen-bond acceptors (Lipinski definition) is 1. The van der Waals surface area contributed by atoms with E-state index in [1.807, 2.05) is 11.0 Å². The summed E-state index contributed by atoms with van der Waals surface area (Å²) in [6, 6.07) is 14.7. The Bertz CT molecular complexity index is 913. The molecule has 1 N–H and O–H groups in total. The molecular formula is C21H21FN2O. The van der Waals surface area contributed by atoms with Crippen molar-refractivity contribution in [3.05, 3.63) is 71.2 Å². The summed E-state index contributed by atoms with van der Waals surface area (Å²) in [7, 11) is 0. The van der Waals surface area contributed by atoms with Gasteiger partial charge in [0, 0.05) is 29.6 Å². The molecule has 1 amide bonds. The normalized spacial score (nSPS) is 16.9. The molecule has 2 heterocycles. The maximum atomic E-state index is 13.0. The summed E-state index contributed by atoms with van der Waals surface area (Å²) in [4.78, 5) is 18.2. The van der Waals surface area contributed by atoms with E-state index < -0.39 is 0 Å². The number of aromatic nitrogens is 1. The Kier molecular flexibility index (Phi) is 4.04. The monoisotopic (exact) mass is 336 g/mol. The highest BCUT2D eigenvalue weighted by Gasteiger charge is 2.29. The van der Waals surface area contributed by atoms with Crippen molar-refractivity contribution in [3.63, 3.8) is 0 Å². The first-order valence-electron chi connectivity index (χ1n) is 8.77. The van der Waals surface area contributed by atoms with Gasteiger partial charge in [-0.2, -0.15) is 0 Å². The number of halogens is 1. The van der Waals surface area contributed by atoms with Crippen LogP contribution in [0, 0.1) is 5.82 Å². The Hall–Kier alpha value is -2.62. The van der Waals surface area contributed by atoms with Crippen LogP contribution < -0.4 is 0 Å². The number of hydrogen-bond donors (Lipinski definition) is 1. The zero-order valence-electron chi connectivity index (χ0n) is 14.3. The fraction of sp³-hybridized carbons (Fsp3) is 0.286. The second kappa shape index (κ2) is 6.36. The standard InChI is InChI=1S/C21H21FN2O/c1-14-21-18(17-4-2-3-5-19(17)23-21)12-13-24(14)20(25)11-8-15-6-9-16(22)10-7-15/h2-7,9-10,14,23H,8,11-13H2,1H3/t14-/m0/s1. The second-order valence-electron chi connectivity index (χ2n) is 6.70. The van der Waals surface area contributed by atoms with Gasteiger partial charge in [0.15, 0.2) is 0 Å². The van der Waals surface area contributed by atoms with Crippen LogP contribution >= 0.6 is 0 Å². The minimum absolute atomic E-state index is 0.0527. The Balaban J connectivity index is 1.49. The molecule has 128 valence electrons. The SMILES string of the molecule is C[C@H]1c2[nH]c3ccccc3c2CCN1C(=O)CCc1ccc(F)cc1. The maximum absolute atomic E-state index is 13.0. The molecule has 1 atom stereocenters. The molecule has 0 saturated heterocycles. The van der Waals surface area contributed by atoms with Crippen LogP contribution in [0.5, 0.6) is 0 Å². The molecule has 0 bridgehead atoms. The number of nitrogens with one attached hydrogen (secondary N) is 1. The number of aromatic amines is 1. The van der Waals surface area contributed by atoms with E-state index in [0.717, 1.165) is 29.7 Å². The van der Waals surface area contributed by atoms with Crippen LogP contribution in [0.25, 0.3) is 10.9 Å². The predicted molar refractivity (Wildman–Crippen MR) is 96.9 cm³/mol. The Morgan fingerprint density at radius 1 is 1.20 bits per heavy atom. The van der Waals surface area contributed by atoms with E-state index in [9.17, 15) is 9.18 Å². The van der Waals surface area contributed by atoms with Crippen molar-refractivity contribution >= 4 is 16.8 Å². The topological polar surface area (TPSA) is 36.1 Å². The number of H-pyrrole nitrogens is 1. The van der Waals surface area contributed by atoms with Crippen LogP contribution in [0.2, 0.25) is 0 Å². The highest BCUT2D eigenvalue weighted by Crippen LogP contribution is 2.34. The predicted octanol–water partition coefficient (Wildman–Crippen LogP) is 4.39. The quantitative estimate of drug-likeness (QED) is 0.757. The highest BCUT2D eigenvalue weighted by molar-refractivity contribution is 5.86. The molecular weight excluding hydrogens is 315 g/mol. The van der Waals surface area contributed by atoms with Crippen molar-refractivity contribution < 1.29 is 9.18 Å². The van der Waals surface area contributed by atoms with Crippen LogP contribution in [0.1, 0.15) is 36.2 Å². The van der Waals surface area contributed by atoms with Gasteiger partial charge in [0.25, 0.3) is 0 Å². The third-order valence-corrected chi connectivity index (χ3v) is 5.20. The first-order valence-corrected chi connectivity index (χ1v) is 8.77. The van der Waals surface area contributed by atoms with E-state index in [2.05, 4.69) is 30.1 Å². The van der Waals surface area contributed by atoms with Crippen molar-refractivity contribution in [1.82, 2.24) is 9.88 Å². The van der Waals surface area contributed by atoms with Crippen molar-refractivity contribution in [2.75, 3.05) is 6.54 Å². The van der Waals surface area contributed by atoms with Crippen molar-refractivity contribution in [2.24, 2.45) is 0 Å². The lowest BCUT2D eigenvalue weighted by atomic mass is 9.97. The number of amides is 1. The van der Waals surface area contributed by atoms with Gasteiger partial charge in [0.2, 0.25) is 5.91 Å². The zero-order valence-corrected chi connectivity index (χ0v) is 14.3. The number of nitrogens with zero attached hydrogens (tertiary/aromatic N) is 1. The summed E-state index contributed by atoms with van der Waals surface area (Å²) in [5.41, 5.74) is 4.62. The van der Waals surface area contributed by atoms with E-state index in [1.165, 1.54) is 23.1 Å². The molecule has 0 unspecified atom stereocenters. The molecule has 3 nitrogen and oxygen atoms in total. The molecule has 0 fully saturated rings. The zero-order chi connectivity index (χ0) is 17.4. The van der Waals surface area contributed by atoms with Gasteiger partial charge >= 0.3 is 0 Å². The Morgan fingerprint density at radius 2 is 1.96 bits per heavy atom. The molecule has 0 aliphatic carbocycles. The van der Waals surface area contributed by atoms with Gasteiger partial charge in [-0.05, 0) is 49.1 Å². The maximum Gasteiger partial charge on any atom is 0.223 e. The number of aryl methyl sites for hydroxylation is 1. The molecule has 3 aromatic rings. The van der Waals surface area contributed by atoms with Crippen LogP contribution in [0.4, 0.5) is 4.39 Å². The molecule has 0 radical (unpaired) electrons. The minimum Gasteiger partial charge on any atom is -0.356 e. The molecule has 1 aliphatic rings. The molecule has 1 aliphatic heterocycles. The molecule has 0 spiro atoms. The van der Waals surface area contributed by atoms with Crippen molar-refractivity contribution in [2.45, 2.75) is 32.2 Å². The summed E-state index contributed by atoms with van der Waals surface area (Å²) in [5, 5.41) is 1.27. The van der Waals surface area contributed by atoms with Crippen LogP contribution in [-0.4, -0.2) is 22.3 Å². The van der Waals surface area contributed by atoms with Crippen LogP contribution in [-0.2, 0) is 17.6 Å². The number of para-hydroxylation sites is 1. The number of carbonyl (C=O) groups excluding carboxylic acids is 1. The summed E-state index contributed by atoms with van der Waals surface area (Å²) in [5.74, 6) is -0.0906. The fourth-order valence-corrected chi connectivity index (χ4v) is 3.82. The van der Waals surface area contributed by atoms with Gasteiger partial charge in [-0.15, -0.1) is 0 Å². The first-order chi connectivity index (χ1) is 12.1. The van der Waals surface area contributed by atoms with E-state index in [4.69, 9.17) is 0 Å². The minimum atomic E-state index is -0.244. The molecule has 1 aromatic heterocycles. The van der Waals surface area contributed by atoms with Crippen LogP contribution in [0.15, 0.2) is 48.5 Å². The average Bonchev–Trinajstić information content (AvgIpc) is 3.01. The molecule has 2 aromatic carbocycles. The van der Waals surface area contributed by atoms with E-state index in [1.54, 1.807) is 12.1 Å². The van der Waals surface area contributed by atoms with E-state index in [0.29, 0.717) is 12.8 Å². The lowest BCUT2D eigenvalue weighted by molar-refractivity contribution is -0.133. The largest absolute Gasteiger partial charge is 0.356 e. The smallest absolute Gasteiger partial charge is 0.223 e. The highest BCUT2D eigenvalue weighted by atomic mass is 19.1. The van der Waals surface area contributed by atoms with Crippen LogP contribution in [0.3, 0.4) is 0 Å². The molecule has 0 saturated carbocycles. The fourth-order valence-electron chi connectivity index (χ4n) is 3.82. The second-order valence-corrected chi connectivity index (χ2v) is 6.70. The van der Waals surface area contributed by atoms with Crippen molar-refractivity contribution in [1.29, 1.82) is 0 Å².